The molecule has 0 fully saturated rings. The fourth-order valence-electron chi connectivity index (χ4n) is 1.35. The topological polar surface area (TPSA) is 63.6 Å². The second kappa shape index (κ2) is 4.59. The van der Waals surface area contributed by atoms with E-state index in [9.17, 15) is 9.59 Å². The highest BCUT2D eigenvalue weighted by Gasteiger charge is 2.11. The zero-order chi connectivity index (χ0) is 11.4. The Hall–Kier alpha value is -1.84. The molecule has 1 N–H and O–H groups in total. The van der Waals surface area contributed by atoms with Crippen LogP contribution in [0.25, 0.3) is 0 Å². The van der Waals surface area contributed by atoms with Crippen LogP contribution in [0.5, 0.6) is 5.75 Å². The average Bonchev–Trinajstić information content (AvgIpc) is 2.13. The summed E-state index contributed by atoms with van der Waals surface area (Å²) >= 11 is 0. The van der Waals surface area contributed by atoms with Gasteiger partial charge in [-0.1, -0.05) is 12.1 Å². The molecule has 15 heavy (non-hydrogen) atoms. The molecule has 1 rings (SSSR count). The normalized spacial score (nSPS) is 9.73. The van der Waals surface area contributed by atoms with E-state index in [-0.39, 0.29) is 5.78 Å². The van der Waals surface area contributed by atoms with Crippen molar-refractivity contribution in [2.75, 3.05) is 6.61 Å². The minimum absolute atomic E-state index is 0.131. The van der Waals surface area contributed by atoms with Crippen molar-refractivity contribution in [1.29, 1.82) is 0 Å². The lowest BCUT2D eigenvalue weighted by atomic mass is 10.0. The zero-order valence-electron chi connectivity index (χ0n) is 8.61. The molecular weight excluding hydrogens is 196 g/mol. The van der Waals surface area contributed by atoms with Crippen LogP contribution in [0, 0.1) is 6.92 Å². The summed E-state index contributed by atoms with van der Waals surface area (Å²) < 4.78 is 5.02. The number of aliphatic carboxylic acids is 1. The molecule has 0 unspecified atom stereocenters. The Morgan fingerprint density at radius 2 is 2.07 bits per heavy atom. The molecule has 0 heterocycles. The Balaban J connectivity index is 3.01. The lowest BCUT2D eigenvalue weighted by molar-refractivity contribution is -0.139. The van der Waals surface area contributed by atoms with Crippen LogP contribution in [0.1, 0.15) is 22.8 Å². The standard InChI is InChI=1S/C11H12O4/c1-7-4-3-5-9(11(7)8(2)12)15-6-10(13)14/h3-5H,6H2,1-2H3,(H,13,14). The smallest absolute Gasteiger partial charge is 0.341 e. The second-order valence-electron chi connectivity index (χ2n) is 3.19. The molecule has 4 nitrogen and oxygen atoms in total. The molecule has 0 bridgehead atoms. The zero-order valence-corrected chi connectivity index (χ0v) is 8.61. The van der Waals surface area contributed by atoms with Crippen molar-refractivity contribution in [2.45, 2.75) is 13.8 Å². The molecule has 0 amide bonds. The third-order valence-electron chi connectivity index (χ3n) is 1.94. The van der Waals surface area contributed by atoms with Crippen LogP contribution in [0.15, 0.2) is 18.2 Å². The summed E-state index contributed by atoms with van der Waals surface area (Å²) in [6.45, 7) is 2.77. The molecular formula is C11H12O4. The summed E-state index contributed by atoms with van der Waals surface area (Å²) in [4.78, 5) is 21.6. The van der Waals surface area contributed by atoms with Crippen molar-refractivity contribution in [3.63, 3.8) is 0 Å². The summed E-state index contributed by atoms with van der Waals surface area (Å²) in [5.74, 6) is -0.871. The van der Waals surface area contributed by atoms with Crippen LogP contribution >= 0.6 is 0 Å². The summed E-state index contributed by atoms with van der Waals surface area (Å²) in [7, 11) is 0. The summed E-state index contributed by atoms with van der Waals surface area (Å²) in [6, 6.07) is 5.09. The van der Waals surface area contributed by atoms with E-state index < -0.39 is 12.6 Å². The minimum atomic E-state index is -1.06. The van der Waals surface area contributed by atoms with Crippen LogP contribution in [0.3, 0.4) is 0 Å². The lowest BCUT2D eigenvalue weighted by Crippen LogP contribution is -2.12. The lowest BCUT2D eigenvalue weighted by Gasteiger charge is -2.09. The number of Topliss-reactive ketones (excluding diaryl/α,β-unsaturated/α-hetero) is 1. The van der Waals surface area contributed by atoms with Crippen molar-refractivity contribution in [3.8, 4) is 5.75 Å². The van der Waals surface area contributed by atoms with Crippen LogP contribution < -0.4 is 4.74 Å². The number of carboxylic acids is 1. The number of aryl methyl sites for hydroxylation is 1. The predicted octanol–water partition coefficient (Wildman–Crippen LogP) is 1.66. The fraction of sp³-hybridized carbons (Fsp3) is 0.273. The highest BCUT2D eigenvalue weighted by Crippen LogP contribution is 2.22. The van der Waals surface area contributed by atoms with Gasteiger partial charge in [0.1, 0.15) is 5.75 Å². The number of rotatable bonds is 4. The Kier molecular flexibility index (Phi) is 3.44. The number of ether oxygens (including phenoxy) is 1. The molecule has 0 atom stereocenters. The number of benzene rings is 1. The van der Waals surface area contributed by atoms with Gasteiger partial charge in [0.15, 0.2) is 12.4 Å². The molecule has 1 aromatic rings. The van der Waals surface area contributed by atoms with Crippen molar-refractivity contribution < 1.29 is 19.4 Å². The number of carbonyl (C=O) groups is 2. The number of carboxylic acid groups (broad SMARTS) is 1. The van der Waals surface area contributed by atoms with Crippen LogP contribution in [-0.4, -0.2) is 23.5 Å². The molecule has 4 heteroatoms. The van der Waals surface area contributed by atoms with E-state index in [0.717, 1.165) is 5.56 Å². The van der Waals surface area contributed by atoms with Gasteiger partial charge in [-0.05, 0) is 25.5 Å². The number of hydrogen-bond donors (Lipinski definition) is 1. The molecule has 0 aromatic heterocycles. The SMILES string of the molecule is CC(=O)c1c(C)cccc1OCC(=O)O. The van der Waals surface area contributed by atoms with Gasteiger partial charge < -0.3 is 9.84 Å². The molecule has 1 aromatic carbocycles. The Bertz CT molecular complexity index is 396. The van der Waals surface area contributed by atoms with E-state index in [0.29, 0.717) is 11.3 Å². The maximum atomic E-state index is 11.3. The van der Waals surface area contributed by atoms with Gasteiger partial charge in [0.2, 0.25) is 0 Å². The second-order valence-corrected chi connectivity index (χ2v) is 3.19. The maximum Gasteiger partial charge on any atom is 0.341 e. The Labute approximate surface area is 87.5 Å². The van der Waals surface area contributed by atoms with Gasteiger partial charge in [0, 0.05) is 0 Å². The fourth-order valence-corrected chi connectivity index (χ4v) is 1.35. The van der Waals surface area contributed by atoms with Crippen molar-refractivity contribution >= 4 is 11.8 Å². The van der Waals surface area contributed by atoms with Gasteiger partial charge in [-0.3, -0.25) is 4.79 Å². The molecule has 0 aliphatic carbocycles. The highest BCUT2D eigenvalue weighted by atomic mass is 16.5. The Morgan fingerprint density at radius 3 is 2.60 bits per heavy atom. The van der Waals surface area contributed by atoms with E-state index in [1.54, 1.807) is 25.1 Å². The van der Waals surface area contributed by atoms with E-state index in [1.165, 1.54) is 6.92 Å². The third kappa shape index (κ3) is 2.80. The summed E-state index contributed by atoms with van der Waals surface area (Å²) in [5, 5.41) is 8.46. The first-order valence-electron chi connectivity index (χ1n) is 4.47. The van der Waals surface area contributed by atoms with Gasteiger partial charge in [0.25, 0.3) is 0 Å². The van der Waals surface area contributed by atoms with E-state index in [1.807, 2.05) is 0 Å². The number of carbonyl (C=O) groups excluding carboxylic acids is 1. The van der Waals surface area contributed by atoms with Crippen molar-refractivity contribution in [2.24, 2.45) is 0 Å². The highest BCUT2D eigenvalue weighted by molar-refractivity contribution is 5.98. The van der Waals surface area contributed by atoms with Crippen molar-refractivity contribution in [1.82, 2.24) is 0 Å². The minimum Gasteiger partial charge on any atom is -0.481 e. The number of hydrogen-bond acceptors (Lipinski definition) is 3. The van der Waals surface area contributed by atoms with Gasteiger partial charge in [0.05, 0.1) is 5.56 Å². The van der Waals surface area contributed by atoms with Crippen molar-refractivity contribution in [3.05, 3.63) is 29.3 Å². The number of ketones is 1. The van der Waals surface area contributed by atoms with E-state index in [2.05, 4.69) is 0 Å². The van der Waals surface area contributed by atoms with E-state index in [4.69, 9.17) is 9.84 Å². The molecule has 0 saturated carbocycles. The largest absolute Gasteiger partial charge is 0.481 e. The molecule has 0 saturated heterocycles. The summed E-state index contributed by atoms with van der Waals surface area (Å²) in [5.41, 5.74) is 1.23. The van der Waals surface area contributed by atoms with E-state index >= 15 is 0 Å². The molecule has 0 spiro atoms. The van der Waals surface area contributed by atoms with Gasteiger partial charge in [-0.15, -0.1) is 0 Å². The molecule has 0 aliphatic rings. The maximum absolute atomic E-state index is 11.3. The first-order valence-corrected chi connectivity index (χ1v) is 4.47. The molecule has 0 radical (unpaired) electrons. The molecule has 80 valence electrons. The Morgan fingerprint density at radius 1 is 1.40 bits per heavy atom. The van der Waals surface area contributed by atoms with Gasteiger partial charge >= 0.3 is 5.97 Å². The quantitative estimate of drug-likeness (QED) is 0.764. The van der Waals surface area contributed by atoms with Gasteiger partial charge in [-0.2, -0.15) is 0 Å². The van der Waals surface area contributed by atoms with Crippen LogP contribution in [0.2, 0.25) is 0 Å². The third-order valence-corrected chi connectivity index (χ3v) is 1.94. The molecule has 0 aliphatic heterocycles. The van der Waals surface area contributed by atoms with Crippen LogP contribution in [-0.2, 0) is 4.79 Å². The predicted molar refractivity (Wildman–Crippen MR) is 54.3 cm³/mol. The van der Waals surface area contributed by atoms with Gasteiger partial charge in [-0.25, -0.2) is 4.79 Å². The monoisotopic (exact) mass is 208 g/mol. The van der Waals surface area contributed by atoms with Crippen LogP contribution in [0.4, 0.5) is 0 Å². The first kappa shape index (κ1) is 11.2. The first-order chi connectivity index (χ1) is 7.02. The average molecular weight is 208 g/mol. The summed E-state index contributed by atoms with van der Waals surface area (Å²) in [6.07, 6.45) is 0.